The number of carbonyl (C=O) groups is 2. The minimum atomic E-state index is -0.681. The van der Waals surface area contributed by atoms with E-state index in [1.165, 1.54) is 24.3 Å². The number of rotatable bonds is 3. The molecule has 1 N–H and O–H groups in total. The standard InChI is InChI=1S/C27H30ClFN4O4/c1-5-19(35)32-9-10-33-15(11-32)13-37-25-21(26(33)36)23(16-12-31(4)14-27(16,2)3)30-24(22(25)28)20-17(29)7-6-8-18(20)34/h5-8,15-16,34H,1,9-14H2,2-4H3/t15-,16?/m1/s1. The molecule has 0 bridgehead atoms. The van der Waals surface area contributed by atoms with Gasteiger partial charge in [-0.25, -0.2) is 9.37 Å². The zero-order valence-corrected chi connectivity index (χ0v) is 21.9. The maximum Gasteiger partial charge on any atom is 0.260 e. The molecule has 3 aliphatic heterocycles. The summed E-state index contributed by atoms with van der Waals surface area (Å²) in [5, 5.41) is 10.5. The molecule has 196 valence electrons. The van der Waals surface area contributed by atoms with Crippen molar-refractivity contribution in [1.82, 2.24) is 19.7 Å². The van der Waals surface area contributed by atoms with Crippen LogP contribution in [0.3, 0.4) is 0 Å². The van der Waals surface area contributed by atoms with Crippen LogP contribution in [0.4, 0.5) is 4.39 Å². The second kappa shape index (κ2) is 9.29. The minimum Gasteiger partial charge on any atom is -0.507 e. The predicted molar refractivity (Wildman–Crippen MR) is 137 cm³/mol. The summed E-state index contributed by atoms with van der Waals surface area (Å²) in [6.07, 6.45) is 1.26. The number of aromatic hydroxyl groups is 1. The van der Waals surface area contributed by atoms with Crippen molar-refractivity contribution < 1.29 is 23.8 Å². The molecule has 2 fully saturated rings. The molecule has 2 amide bonds. The third-order valence-electron chi connectivity index (χ3n) is 7.66. The second-order valence-corrected chi connectivity index (χ2v) is 11.1. The number of pyridine rings is 1. The van der Waals surface area contributed by atoms with Gasteiger partial charge in [0.2, 0.25) is 5.91 Å². The van der Waals surface area contributed by atoms with E-state index < -0.39 is 11.9 Å². The lowest BCUT2D eigenvalue weighted by molar-refractivity contribution is -0.128. The number of amides is 2. The number of phenolic OH excluding ortho intramolecular Hbond substituents is 1. The van der Waals surface area contributed by atoms with Gasteiger partial charge >= 0.3 is 0 Å². The molecule has 37 heavy (non-hydrogen) atoms. The maximum atomic E-state index is 15.0. The van der Waals surface area contributed by atoms with Gasteiger partial charge in [0.05, 0.1) is 23.0 Å². The number of likely N-dealkylation sites (N-methyl/N-ethyl adjacent to an activating group) is 1. The minimum absolute atomic E-state index is 0.0319. The summed E-state index contributed by atoms with van der Waals surface area (Å²) in [5.74, 6) is -1.51. The lowest BCUT2D eigenvalue weighted by Crippen LogP contribution is -2.57. The summed E-state index contributed by atoms with van der Waals surface area (Å²) >= 11 is 6.80. The number of halogens is 2. The number of piperazine rings is 1. The Morgan fingerprint density at radius 3 is 2.70 bits per heavy atom. The molecule has 0 radical (unpaired) electrons. The summed E-state index contributed by atoms with van der Waals surface area (Å²) in [6, 6.07) is 3.59. The van der Waals surface area contributed by atoms with Crippen LogP contribution in [-0.2, 0) is 4.79 Å². The molecule has 1 aromatic heterocycles. The van der Waals surface area contributed by atoms with Gasteiger partial charge in [-0.15, -0.1) is 0 Å². The van der Waals surface area contributed by atoms with Gasteiger partial charge < -0.3 is 24.5 Å². The Balaban J connectivity index is 1.70. The normalized spacial score (nSPS) is 23.2. The third-order valence-corrected chi connectivity index (χ3v) is 8.01. The van der Waals surface area contributed by atoms with E-state index in [2.05, 4.69) is 25.3 Å². The number of hydrogen-bond donors (Lipinski definition) is 1. The molecule has 1 aromatic carbocycles. The Kier molecular flexibility index (Phi) is 6.40. The lowest BCUT2D eigenvalue weighted by atomic mass is 9.78. The highest BCUT2D eigenvalue weighted by molar-refractivity contribution is 6.35. The monoisotopic (exact) mass is 528 g/mol. The zero-order valence-electron chi connectivity index (χ0n) is 21.1. The van der Waals surface area contributed by atoms with Crippen LogP contribution < -0.4 is 4.74 Å². The van der Waals surface area contributed by atoms with E-state index in [-0.39, 0.29) is 63.1 Å². The van der Waals surface area contributed by atoms with Crippen molar-refractivity contribution in [3.8, 4) is 22.8 Å². The molecule has 0 aliphatic carbocycles. The summed E-state index contributed by atoms with van der Waals surface area (Å²) in [5.41, 5.74) is 0.387. The molecule has 0 spiro atoms. The summed E-state index contributed by atoms with van der Waals surface area (Å²) in [7, 11) is 2.00. The van der Waals surface area contributed by atoms with Crippen LogP contribution in [0.2, 0.25) is 5.02 Å². The number of fused-ring (bicyclic) bond motifs is 2. The first kappa shape index (κ1) is 25.5. The number of carbonyl (C=O) groups excluding carboxylic acids is 2. The number of hydrogen-bond acceptors (Lipinski definition) is 6. The topological polar surface area (TPSA) is 86.2 Å². The van der Waals surface area contributed by atoms with Crippen molar-refractivity contribution in [3.63, 3.8) is 0 Å². The maximum absolute atomic E-state index is 15.0. The number of aromatic nitrogens is 1. The fraction of sp³-hybridized carbons (Fsp3) is 0.444. The van der Waals surface area contributed by atoms with E-state index in [9.17, 15) is 19.1 Å². The summed E-state index contributed by atoms with van der Waals surface area (Å²) in [6.45, 7) is 10.3. The van der Waals surface area contributed by atoms with Crippen LogP contribution in [0.15, 0.2) is 30.9 Å². The van der Waals surface area contributed by atoms with Crippen molar-refractivity contribution in [2.45, 2.75) is 25.8 Å². The van der Waals surface area contributed by atoms with Crippen molar-refractivity contribution in [3.05, 3.63) is 53.0 Å². The van der Waals surface area contributed by atoms with E-state index in [1.807, 2.05) is 7.05 Å². The van der Waals surface area contributed by atoms with Crippen LogP contribution in [0, 0.1) is 11.2 Å². The zero-order chi connectivity index (χ0) is 26.6. The van der Waals surface area contributed by atoms with Gasteiger partial charge in [0.1, 0.15) is 28.8 Å². The van der Waals surface area contributed by atoms with Gasteiger partial charge in [-0.2, -0.15) is 0 Å². The summed E-state index contributed by atoms with van der Waals surface area (Å²) < 4.78 is 21.2. The first-order chi connectivity index (χ1) is 17.5. The highest BCUT2D eigenvalue weighted by Gasteiger charge is 2.46. The predicted octanol–water partition coefficient (Wildman–Crippen LogP) is 3.53. The van der Waals surface area contributed by atoms with Gasteiger partial charge in [0.15, 0.2) is 5.75 Å². The van der Waals surface area contributed by atoms with Crippen LogP contribution in [-0.4, -0.2) is 89.0 Å². The molecule has 10 heteroatoms. The molecule has 4 heterocycles. The number of nitrogens with zero attached hydrogens (tertiary/aromatic N) is 4. The molecule has 5 rings (SSSR count). The average Bonchev–Trinajstić information content (AvgIpc) is 3.04. The Labute approximate surface area is 220 Å². The van der Waals surface area contributed by atoms with Gasteiger partial charge in [0.25, 0.3) is 5.91 Å². The Bertz CT molecular complexity index is 1280. The van der Waals surface area contributed by atoms with E-state index >= 15 is 0 Å². The molecule has 8 nitrogen and oxygen atoms in total. The molecular weight excluding hydrogens is 499 g/mol. The van der Waals surface area contributed by atoms with Gasteiger partial charge in [-0.05, 0) is 30.7 Å². The van der Waals surface area contributed by atoms with E-state index in [1.54, 1.807) is 9.80 Å². The number of phenols is 1. The van der Waals surface area contributed by atoms with Crippen molar-refractivity contribution in [1.29, 1.82) is 0 Å². The lowest BCUT2D eigenvalue weighted by Gasteiger charge is -2.39. The van der Waals surface area contributed by atoms with Crippen LogP contribution in [0.1, 0.15) is 35.8 Å². The Hall–Kier alpha value is -3.17. The smallest absolute Gasteiger partial charge is 0.260 e. The highest BCUT2D eigenvalue weighted by Crippen LogP contribution is 2.49. The molecule has 3 aliphatic rings. The average molecular weight is 529 g/mol. The Morgan fingerprint density at radius 2 is 2.05 bits per heavy atom. The molecule has 2 aromatic rings. The van der Waals surface area contributed by atoms with Crippen molar-refractivity contribution in [2.75, 3.05) is 46.4 Å². The molecular formula is C27H30ClFN4O4. The number of benzene rings is 1. The SMILES string of the molecule is C=CC(=O)N1CCN2C(=O)c3c(C4CN(C)CC4(C)C)nc(-c4c(O)cccc4F)c(Cl)c3OC[C@H]2C1. The molecule has 1 unspecified atom stereocenters. The Morgan fingerprint density at radius 1 is 1.30 bits per heavy atom. The number of ether oxygens (including phenoxy) is 1. The molecule has 0 saturated carbocycles. The highest BCUT2D eigenvalue weighted by atomic mass is 35.5. The van der Waals surface area contributed by atoms with Crippen LogP contribution in [0.25, 0.3) is 11.3 Å². The van der Waals surface area contributed by atoms with Gasteiger partial charge in [0, 0.05) is 38.6 Å². The molecule has 2 atom stereocenters. The number of likely N-dealkylation sites (tertiary alicyclic amines) is 1. The van der Waals surface area contributed by atoms with Gasteiger partial charge in [-0.3, -0.25) is 9.59 Å². The quantitative estimate of drug-likeness (QED) is 0.613. The van der Waals surface area contributed by atoms with E-state index in [0.717, 1.165) is 6.54 Å². The third kappa shape index (κ3) is 4.24. The van der Waals surface area contributed by atoms with Crippen molar-refractivity contribution >= 4 is 23.4 Å². The van der Waals surface area contributed by atoms with E-state index in [0.29, 0.717) is 31.9 Å². The largest absolute Gasteiger partial charge is 0.507 e. The first-order valence-corrected chi connectivity index (χ1v) is 12.7. The molecule has 2 saturated heterocycles. The fourth-order valence-electron chi connectivity index (χ4n) is 5.87. The van der Waals surface area contributed by atoms with Crippen LogP contribution >= 0.6 is 11.6 Å². The van der Waals surface area contributed by atoms with Crippen molar-refractivity contribution in [2.24, 2.45) is 5.41 Å². The fourth-order valence-corrected chi connectivity index (χ4v) is 6.16. The summed E-state index contributed by atoms with van der Waals surface area (Å²) in [4.78, 5) is 36.7. The van der Waals surface area contributed by atoms with E-state index in [4.69, 9.17) is 21.3 Å². The first-order valence-electron chi connectivity index (χ1n) is 12.3. The van der Waals surface area contributed by atoms with Crippen LogP contribution in [0.5, 0.6) is 11.5 Å². The second-order valence-electron chi connectivity index (χ2n) is 10.7. The van der Waals surface area contributed by atoms with Gasteiger partial charge in [-0.1, -0.05) is 38.1 Å².